The number of nitrogens with zero attached hydrogens (tertiary/aromatic N) is 3. The smallest absolute Gasteiger partial charge is 0.325 e. The fraction of sp³-hybridized carbons (Fsp3) is 0.625. The van der Waals surface area contributed by atoms with Crippen LogP contribution in [0.3, 0.4) is 0 Å². The molecule has 0 aliphatic carbocycles. The molecule has 32 heavy (non-hydrogen) atoms. The number of carbonyl (C=O) groups excluding carboxylic acids is 3. The summed E-state index contributed by atoms with van der Waals surface area (Å²) in [5.74, 6) is -0.0913. The van der Waals surface area contributed by atoms with Gasteiger partial charge in [0.1, 0.15) is 5.54 Å². The number of imide groups is 1. The van der Waals surface area contributed by atoms with Crippen LogP contribution in [0.1, 0.15) is 37.7 Å². The average Bonchev–Trinajstić information content (AvgIpc) is 3.06. The monoisotopic (exact) mass is 442 g/mol. The van der Waals surface area contributed by atoms with Crippen molar-refractivity contribution >= 4 is 17.8 Å². The first kappa shape index (κ1) is 22.7. The third-order valence-electron chi connectivity index (χ3n) is 7.10. The van der Waals surface area contributed by atoms with Crippen molar-refractivity contribution in [1.82, 2.24) is 20.0 Å². The first-order chi connectivity index (χ1) is 15.5. The Bertz CT molecular complexity index is 823. The highest BCUT2D eigenvalue weighted by molar-refractivity contribution is 6.07. The van der Waals surface area contributed by atoms with Crippen molar-refractivity contribution < 1.29 is 19.1 Å². The van der Waals surface area contributed by atoms with Gasteiger partial charge in [-0.3, -0.25) is 14.5 Å². The molecular formula is C24H34N4O4. The van der Waals surface area contributed by atoms with Gasteiger partial charge in [-0.1, -0.05) is 30.3 Å². The van der Waals surface area contributed by atoms with E-state index in [1.54, 1.807) is 12.0 Å². The van der Waals surface area contributed by atoms with Crippen LogP contribution in [0.4, 0.5) is 4.79 Å². The molecule has 0 bridgehead atoms. The molecule has 1 N–H and O–H groups in total. The molecule has 3 heterocycles. The van der Waals surface area contributed by atoms with Crippen LogP contribution in [0.25, 0.3) is 0 Å². The molecule has 3 aliphatic heterocycles. The molecule has 1 aromatic rings. The number of benzene rings is 1. The number of rotatable bonds is 7. The Morgan fingerprint density at radius 2 is 1.91 bits per heavy atom. The molecule has 0 aromatic heterocycles. The van der Waals surface area contributed by atoms with Gasteiger partial charge >= 0.3 is 6.03 Å². The van der Waals surface area contributed by atoms with E-state index in [4.69, 9.17) is 4.74 Å². The molecule has 8 nitrogen and oxygen atoms in total. The lowest BCUT2D eigenvalue weighted by Crippen LogP contribution is -2.56. The van der Waals surface area contributed by atoms with Gasteiger partial charge in [-0.25, -0.2) is 4.79 Å². The summed E-state index contributed by atoms with van der Waals surface area (Å²) in [4.78, 5) is 44.2. The second-order valence-corrected chi connectivity index (χ2v) is 9.14. The third kappa shape index (κ3) is 4.81. The average molecular weight is 443 g/mol. The lowest BCUT2D eigenvalue weighted by molar-refractivity contribution is -0.139. The van der Waals surface area contributed by atoms with E-state index in [2.05, 4.69) is 34.5 Å². The number of methoxy groups -OCH3 is 1. The van der Waals surface area contributed by atoms with E-state index >= 15 is 0 Å². The Balaban J connectivity index is 1.33. The number of carbonyl (C=O) groups is 3. The fourth-order valence-electron chi connectivity index (χ4n) is 5.14. The molecule has 3 fully saturated rings. The highest BCUT2D eigenvalue weighted by Gasteiger charge is 2.54. The van der Waals surface area contributed by atoms with Crippen molar-refractivity contribution in [3.63, 3.8) is 0 Å². The fourth-order valence-corrected chi connectivity index (χ4v) is 5.14. The number of ether oxygens (including phenoxy) is 1. The lowest BCUT2D eigenvalue weighted by Gasteiger charge is -2.39. The summed E-state index contributed by atoms with van der Waals surface area (Å²) in [6.45, 7) is 4.00. The quantitative estimate of drug-likeness (QED) is 0.650. The zero-order valence-corrected chi connectivity index (χ0v) is 18.9. The maximum atomic E-state index is 13.4. The molecular weight excluding hydrogens is 408 g/mol. The SMILES string of the molecule is COCCC(=O)N1CCC[C@H](N2C(=O)NC3(CCN(CCc4ccccc4)CC3)C2=O)C1. The Labute approximate surface area is 189 Å². The summed E-state index contributed by atoms with van der Waals surface area (Å²) >= 11 is 0. The summed E-state index contributed by atoms with van der Waals surface area (Å²) < 4.78 is 5.01. The van der Waals surface area contributed by atoms with Crippen LogP contribution >= 0.6 is 0 Å². The molecule has 3 aliphatic rings. The van der Waals surface area contributed by atoms with E-state index in [9.17, 15) is 14.4 Å². The zero-order chi connectivity index (χ0) is 22.6. The van der Waals surface area contributed by atoms with E-state index in [-0.39, 0.29) is 23.9 Å². The first-order valence-electron chi connectivity index (χ1n) is 11.7. The summed E-state index contributed by atoms with van der Waals surface area (Å²) in [7, 11) is 1.58. The predicted octanol–water partition coefficient (Wildman–Crippen LogP) is 1.64. The molecule has 1 atom stereocenters. The third-order valence-corrected chi connectivity index (χ3v) is 7.10. The Morgan fingerprint density at radius 3 is 2.62 bits per heavy atom. The molecule has 8 heteroatoms. The van der Waals surface area contributed by atoms with E-state index in [1.165, 1.54) is 10.5 Å². The molecule has 4 amide bonds. The summed E-state index contributed by atoms with van der Waals surface area (Å²) in [6, 6.07) is 9.85. The summed E-state index contributed by atoms with van der Waals surface area (Å²) in [5, 5.41) is 3.03. The van der Waals surface area contributed by atoms with E-state index in [0.717, 1.165) is 38.9 Å². The standard InChI is InChI=1S/C24H34N4O4/c1-32-17-10-21(29)27-13-5-8-20(18-27)28-22(30)24(25-23(28)31)11-15-26(16-12-24)14-9-19-6-3-2-4-7-19/h2-4,6-7,20H,5,8-18H2,1H3,(H,25,31)/t20-/m0/s1. The Morgan fingerprint density at radius 1 is 1.16 bits per heavy atom. The van der Waals surface area contributed by atoms with Gasteiger partial charge in [0.25, 0.3) is 5.91 Å². The number of hydrogen-bond acceptors (Lipinski definition) is 5. The number of urea groups is 1. The van der Waals surface area contributed by atoms with Gasteiger partial charge in [0.05, 0.1) is 19.1 Å². The van der Waals surface area contributed by atoms with Crippen LogP contribution in [0.2, 0.25) is 0 Å². The number of likely N-dealkylation sites (tertiary alicyclic amines) is 2. The van der Waals surface area contributed by atoms with Gasteiger partial charge in [-0.2, -0.15) is 0 Å². The van der Waals surface area contributed by atoms with Gasteiger partial charge in [0, 0.05) is 39.8 Å². The van der Waals surface area contributed by atoms with Crippen LogP contribution in [-0.2, 0) is 20.7 Å². The van der Waals surface area contributed by atoms with Crippen molar-refractivity contribution in [2.75, 3.05) is 46.4 Å². The van der Waals surface area contributed by atoms with Crippen molar-refractivity contribution in [3.8, 4) is 0 Å². The highest BCUT2D eigenvalue weighted by Crippen LogP contribution is 2.32. The molecule has 1 aromatic carbocycles. The summed E-state index contributed by atoms with van der Waals surface area (Å²) in [6.07, 6.45) is 4.10. The first-order valence-corrected chi connectivity index (χ1v) is 11.7. The second-order valence-electron chi connectivity index (χ2n) is 9.14. The summed E-state index contributed by atoms with van der Waals surface area (Å²) in [5.41, 5.74) is 0.522. The maximum Gasteiger partial charge on any atom is 0.325 e. The lowest BCUT2D eigenvalue weighted by atomic mass is 9.87. The normalized spacial score (nSPS) is 23.6. The van der Waals surface area contributed by atoms with E-state index in [0.29, 0.717) is 39.0 Å². The minimum Gasteiger partial charge on any atom is -0.384 e. The van der Waals surface area contributed by atoms with Gasteiger partial charge in [0.15, 0.2) is 0 Å². The zero-order valence-electron chi connectivity index (χ0n) is 18.9. The van der Waals surface area contributed by atoms with E-state index < -0.39 is 5.54 Å². The van der Waals surface area contributed by atoms with Crippen LogP contribution in [0, 0.1) is 0 Å². The highest BCUT2D eigenvalue weighted by atomic mass is 16.5. The molecule has 1 spiro atoms. The van der Waals surface area contributed by atoms with Gasteiger partial charge in [0.2, 0.25) is 5.91 Å². The molecule has 4 rings (SSSR count). The molecule has 0 unspecified atom stereocenters. The van der Waals surface area contributed by atoms with Crippen molar-refractivity contribution in [2.24, 2.45) is 0 Å². The number of hydrogen-bond donors (Lipinski definition) is 1. The van der Waals surface area contributed by atoms with Gasteiger partial charge < -0.3 is 19.9 Å². The van der Waals surface area contributed by atoms with Crippen molar-refractivity contribution in [1.29, 1.82) is 0 Å². The number of piperidine rings is 2. The van der Waals surface area contributed by atoms with E-state index in [1.807, 2.05) is 6.07 Å². The molecule has 0 saturated carbocycles. The van der Waals surface area contributed by atoms with Crippen molar-refractivity contribution in [2.45, 2.75) is 50.1 Å². The topological polar surface area (TPSA) is 82.2 Å². The molecule has 3 saturated heterocycles. The molecule has 174 valence electrons. The van der Waals surface area contributed by atoms with Gasteiger partial charge in [-0.05, 0) is 37.7 Å². The van der Waals surface area contributed by atoms with Crippen LogP contribution in [0.5, 0.6) is 0 Å². The minimum atomic E-state index is -0.789. The number of amides is 4. The van der Waals surface area contributed by atoms with Crippen LogP contribution in [0.15, 0.2) is 30.3 Å². The molecule has 0 radical (unpaired) electrons. The van der Waals surface area contributed by atoms with Gasteiger partial charge in [-0.15, -0.1) is 0 Å². The van der Waals surface area contributed by atoms with Crippen LogP contribution in [-0.4, -0.2) is 90.6 Å². The largest absolute Gasteiger partial charge is 0.384 e. The second kappa shape index (κ2) is 10.0. The maximum absolute atomic E-state index is 13.4. The number of nitrogens with one attached hydrogen (secondary N) is 1. The van der Waals surface area contributed by atoms with Crippen LogP contribution < -0.4 is 5.32 Å². The van der Waals surface area contributed by atoms with Crippen molar-refractivity contribution in [3.05, 3.63) is 35.9 Å². The Kier molecular flexibility index (Phi) is 7.10. The predicted molar refractivity (Wildman–Crippen MR) is 120 cm³/mol. The minimum absolute atomic E-state index is 0.0186. The Hall–Kier alpha value is -2.45.